The van der Waals surface area contributed by atoms with E-state index in [1.807, 2.05) is 42.2 Å². The Kier molecular flexibility index (Phi) is 4.88. The van der Waals surface area contributed by atoms with Gasteiger partial charge in [0.2, 0.25) is 0 Å². The number of carboxylic acids is 1. The smallest absolute Gasteiger partial charge is 0.306 e. The molecule has 1 N–H and O–H groups in total. The highest BCUT2D eigenvalue weighted by molar-refractivity contribution is 5.95. The van der Waals surface area contributed by atoms with Gasteiger partial charge in [-0.1, -0.05) is 25.1 Å². The molecule has 1 aromatic heterocycles. The largest absolute Gasteiger partial charge is 0.481 e. The number of aryl methyl sites for hydroxylation is 1. The average molecular weight is 341 g/mol. The standard InChI is InChI=1S/C19H23N3O3/c1-13(19(24)25)15-8-10-21(11-9-15)18(23)17-12-22(20-14(17)2)16-6-4-3-5-7-16/h3-7,12-13,15H,8-11H2,1-2H3,(H,24,25). The zero-order valence-corrected chi connectivity index (χ0v) is 14.6. The van der Waals surface area contributed by atoms with Crippen molar-refractivity contribution in [2.75, 3.05) is 13.1 Å². The van der Waals surface area contributed by atoms with E-state index >= 15 is 0 Å². The fourth-order valence-electron chi connectivity index (χ4n) is 3.36. The summed E-state index contributed by atoms with van der Waals surface area (Å²) in [7, 11) is 0. The predicted octanol–water partition coefficient (Wildman–Crippen LogP) is 2.75. The molecular weight excluding hydrogens is 318 g/mol. The molecule has 1 saturated heterocycles. The third-order valence-electron chi connectivity index (χ3n) is 5.07. The molecule has 1 atom stereocenters. The van der Waals surface area contributed by atoms with E-state index in [4.69, 9.17) is 5.11 Å². The topological polar surface area (TPSA) is 75.4 Å². The van der Waals surface area contributed by atoms with Crippen LogP contribution in [0.4, 0.5) is 0 Å². The highest BCUT2D eigenvalue weighted by atomic mass is 16.4. The minimum absolute atomic E-state index is 0.0268. The lowest BCUT2D eigenvalue weighted by molar-refractivity contribution is -0.143. The minimum Gasteiger partial charge on any atom is -0.481 e. The molecule has 6 heteroatoms. The number of carboxylic acid groups (broad SMARTS) is 1. The van der Waals surface area contributed by atoms with Crippen LogP contribution in [-0.2, 0) is 4.79 Å². The number of amides is 1. The SMILES string of the molecule is Cc1nn(-c2ccccc2)cc1C(=O)N1CCC(C(C)C(=O)O)CC1. The molecule has 3 rings (SSSR count). The van der Waals surface area contributed by atoms with Crippen molar-refractivity contribution in [1.82, 2.24) is 14.7 Å². The molecule has 0 bridgehead atoms. The summed E-state index contributed by atoms with van der Waals surface area (Å²) >= 11 is 0. The Balaban J connectivity index is 1.70. The molecule has 6 nitrogen and oxygen atoms in total. The number of hydrogen-bond acceptors (Lipinski definition) is 3. The van der Waals surface area contributed by atoms with Crippen LogP contribution < -0.4 is 0 Å². The number of piperidine rings is 1. The van der Waals surface area contributed by atoms with Crippen molar-refractivity contribution >= 4 is 11.9 Å². The highest BCUT2D eigenvalue weighted by Gasteiger charge is 2.30. The fourth-order valence-corrected chi connectivity index (χ4v) is 3.36. The number of rotatable bonds is 4. The molecular formula is C19H23N3O3. The van der Waals surface area contributed by atoms with Crippen LogP contribution in [0.15, 0.2) is 36.5 Å². The van der Waals surface area contributed by atoms with Gasteiger partial charge in [0, 0.05) is 19.3 Å². The van der Waals surface area contributed by atoms with Gasteiger partial charge in [0.25, 0.3) is 5.91 Å². The molecule has 1 amide bonds. The second-order valence-corrected chi connectivity index (χ2v) is 6.66. The number of carbonyl (C=O) groups is 2. The number of hydrogen-bond donors (Lipinski definition) is 1. The molecule has 1 aromatic carbocycles. The first-order valence-corrected chi connectivity index (χ1v) is 8.61. The van der Waals surface area contributed by atoms with Gasteiger partial charge in [-0.2, -0.15) is 5.10 Å². The summed E-state index contributed by atoms with van der Waals surface area (Å²) in [5.41, 5.74) is 2.22. The number of nitrogens with zero attached hydrogens (tertiary/aromatic N) is 3. The van der Waals surface area contributed by atoms with E-state index in [1.165, 1.54) is 0 Å². The second kappa shape index (κ2) is 7.09. The Morgan fingerprint density at radius 2 is 1.84 bits per heavy atom. The molecule has 1 unspecified atom stereocenters. The Hall–Kier alpha value is -2.63. The fraction of sp³-hybridized carbons (Fsp3) is 0.421. The number of benzene rings is 1. The quantitative estimate of drug-likeness (QED) is 0.928. The third kappa shape index (κ3) is 3.57. The summed E-state index contributed by atoms with van der Waals surface area (Å²) in [6.07, 6.45) is 3.23. The second-order valence-electron chi connectivity index (χ2n) is 6.66. The molecule has 1 aliphatic rings. The van der Waals surface area contributed by atoms with E-state index in [0.29, 0.717) is 24.3 Å². The number of para-hydroxylation sites is 1. The van der Waals surface area contributed by atoms with Crippen molar-refractivity contribution in [3.63, 3.8) is 0 Å². The maximum Gasteiger partial charge on any atom is 0.306 e. The Morgan fingerprint density at radius 1 is 1.20 bits per heavy atom. The van der Waals surface area contributed by atoms with Crippen LogP contribution in [0.3, 0.4) is 0 Å². The van der Waals surface area contributed by atoms with Crippen LogP contribution in [0.2, 0.25) is 0 Å². The summed E-state index contributed by atoms with van der Waals surface area (Å²) in [6, 6.07) is 9.69. The predicted molar refractivity (Wildman–Crippen MR) is 93.7 cm³/mol. The van der Waals surface area contributed by atoms with Gasteiger partial charge in [0.15, 0.2) is 0 Å². The molecule has 1 aliphatic heterocycles. The summed E-state index contributed by atoms with van der Waals surface area (Å²) in [5.74, 6) is -1.01. The average Bonchev–Trinajstić information content (AvgIpc) is 3.03. The van der Waals surface area contributed by atoms with Crippen LogP contribution >= 0.6 is 0 Å². The molecule has 132 valence electrons. The Labute approximate surface area is 147 Å². The summed E-state index contributed by atoms with van der Waals surface area (Å²) in [6.45, 7) is 4.78. The van der Waals surface area contributed by atoms with E-state index < -0.39 is 5.97 Å². The molecule has 2 aromatic rings. The first-order chi connectivity index (χ1) is 12.0. The number of aromatic nitrogens is 2. The van der Waals surface area contributed by atoms with Crippen LogP contribution in [0.25, 0.3) is 5.69 Å². The van der Waals surface area contributed by atoms with Crippen molar-refractivity contribution in [3.05, 3.63) is 47.8 Å². The van der Waals surface area contributed by atoms with Crippen LogP contribution in [0.5, 0.6) is 0 Å². The molecule has 0 spiro atoms. The van der Waals surface area contributed by atoms with E-state index in [2.05, 4.69) is 5.10 Å². The van der Waals surface area contributed by atoms with Gasteiger partial charge in [0.1, 0.15) is 0 Å². The lowest BCUT2D eigenvalue weighted by Gasteiger charge is -2.33. The van der Waals surface area contributed by atoms with E-state index in [9.17, 15) is 9.59 Å². The highest BCUT2D eigenvalue weighted by Crippen LogP contribution is 2.26. The van der Waals surface area contributed by atoms with Gasteiger partial charge in [-0.05, 0) is 37.8 Å². The first kappa shape index (κ1) is 17.2. The normalized spacial score (nSPS) is 16.6. The Morgan fingerprint density at radius 3 is 2.44 bits per heavy atom. The molecule has 2 heterocycles. The summed E-state index contributed by atoms with van der Waals surface area (Å²) < 4.78 is 1.72. The maximum absolute atomic E-state index is 12.8. The van der Waals surface area contributed by atoms with E-state index in [1.54, 1.807) is 17.8 Å². The zero-order chi connectivity index (χ0) is 18.0. The molecule has 0 aliphatic carbocycles. The van der Waals surface area contributed by atoms with Gasteiger partial charge in [-0.25, -0.2) is 4.68 Å². The van der Waals surface area contributed by atoms with Crippen molar-refractivity contribution in [2.24, 2.45) is 11.8 Å². The van der Waals surface area contributed by atoms with Crippen molar-refractivity contribution < 1.29 is 14.7 Å². The van der Waals surface area contributed by atoms with Gasteiger partial charge >= 0.3 is 5.97 Å². The molecule has 1 fully saturated rings. The van der Waals surface area contributed by atoms with E-state index in [0.717, 1.165) is 18.5 Å². The zero-order valence-electron chi connectivity index (χ0n) is 14.6. The van der Waals surface area contributed by atoms with Crippen LogP contribution in [0.1, 0.15) is 35.8 Å². The molecule has 25 heavy (non-hydrogen) atoms. The first-order valence-electron chi connectivity index (χ1n) is 8.61. The third-order valence-corrected chi connectivity index (χ3v) is 5.07. The summed E-state index contributed by atoms with van der Waals surface area (Å²) in [4.78, 5) is 25.8. The van der Waals surface area contributed by atoms with Crippen LogP contribution in [0, 0.1) is 18.8 Å². The summed E-state index contributed by atoms with van der Waals surface area (Å²) in [5, 5.41) is 13.6. The molecule has 0 radical (unpaired) electrons. The van der Waals surface area contributed by atoms with Crippen LogP contribution in [-0.4, -0.2) is 44.8 Å². The van der Waals surface area contributed by atoms with Crippen molar-refractivity contribution in [2.45, 2.75) is 26.7 Å². The lowest BCUT2D eigenvalue weighted by Crippen LogP contribution is -2.41. The van der Waals surface area contributed by atoms with Gasteiger partial charge in [-0.3, -0.25) is 9.59 Å². The van der Waals surface area contributed by atoms with Gasteiger partial charge in [-0.15, -0.1) is 0 Å². The minimum atomic E-state index is -0.759. The number of likely N-dealkylation sites (tertiary alicyclic amines) is 1. The van der Waals surface area contributed by atoms with Gasteiger partial charge < -0.3 is 10.0 Å². The Bertz CT molecular complexity index is 761. The monoisotopic (exact) mass is 341 g/mol. The van der Waals surface area contributed by atoms with Crippen molar-refractivity contribution in [3.8, 4) is 5.69 Å². The number of carbonyl (C=O) groups excluding carboxylic acids is 1. The number of aliphatic carboxylic acids is 1. The van der Waals surface area contributed by atoms with Gasteiger partial charge in [0.05, 0.1) is 22.9 Å². The molecule has 0 saturated carbocycles. The lowest BCUT2D eigenvalue weighted by atomic mass is 9.85. The van der Waals surface area contributed by atoms with E-state index in [-0.39, 0.29) is 17.7 Å². The van der Waals surface area contributed by atoms with Crippen molar-refractivity contribution in [1.29, 1.82) is 0 Å². The maximum atomic E-state index is 12.8.